The van der Waals surface area contributed by atoms with Crippen molar-refractivity contribution < 1.29 is 9.53 Å². The third kappa shape index (κ3) is 7.66. The van der Waals surface area contributed by atoms with Crippen molar-refractivity contribution in [3.05, 3.63) is 28.2 Å². The zero-order chi connectivity index (χ0) is 15.5. The molecule has 0 N–H and O–H groups in total. The van der Waals surface area contributed by atoms with Crippen LogP contribution in [-0.4, -0.2) is 12.9 Å². The van der Waals surface area contributed by atoms with Gasteiger partial charge in [0.25, 0.3) is 0 Å². The number of benzene rings is 1. The van der Waals surface area contributed by atoms with Crippen LogP contribution in [0.2, 0.25) is 0 Å². The molecule has 1 rings (SSSR count). The molecular weight excluding hydrogens is 328 g/mol. The van der Waals surface area contributed by atoms with Crippen molar-refractivity contribution in [1.82, 2.24) is 0 Å². The van der Waals surface area contributed by atoms with Crippen LogP contribution in [0.3, 0.4) is 0 Å². The number of ether oxygens (including phenoxy) is 1. The van der Waals surface area contributed by atoms with E-state index in [4.69, 9.17) is 4.74 Å². The molecule has 0 spiro atoms. The van der Waals surface area contributed by atoms with Crippen molar-refractivity contribution in [2.75, 3.05) is 7.11 Å². The standard InChI is InChI=1S/C18H27BrO2/c1-3-4-5-6-7-8-9-10-16(20)13-15-11-12-18(21-2)17(19)14-15/h11-12,14H,3-10,13H2,1-2H3. The summed E-state index contributed by atoms with van der Waals surface area (Å²) in [6, 6.07) is 5.84. The Hall–Kier alpha value is -0.830. The number of carbonyl (C=O) groups is 1. The molecule has 0 aliphatic rings. The molecule has 0 fully saturated rings. The third-order valence-corrected chi connectivity index (χ3v) is 4.30. The Bertz CT molecular complexity index is 429. The molecule has 0 atom stereocenters. The number of methoxy groups -OCH3 is 1. The van der Waals surface area contributed by atoms with Crippen LogP contribution in [0, 0.1) is 0 Å². The van der Waals surface area contributed by atoms with Crippen molar-refractivity contribution in [1.29, 1.82) is 0 Å². The normalized spacial score (nSPS) is 10.6. The van der Waals surface area contributed by atoms with Crippen LogP contribution in [0.15, 0.2) is 22.7 Å². The lowest BCUT2D eigenvalue weighted by Gasteiger charge is -2.06. The molecule has 21 heavy (non-hydrogen) atoms. The minimum atomic E-state index is 0.334. The van der Waals surface area contributed by atoms with Gasteiger partial charge in [-0.3, -0.25) is 4.79 Å². The molecule has 0 aromatic heterocycles. The van der Waals surface area contributed by atoms with E-state index in [-0.39, 0.29) is 0 Å². The van der Waals surface area contributed by atoms with E-state index < -0.39 is 0 Å². The summed E-state index contributed by atoms with van der Waals surface area (Å²) < 4.78 is 6.10. The molecule has 2 nitrogen and oxygen atoms in total. The molecule has 0 unspecified atom stereocenters. The first-order valence-corrected chi connectivity index (χ1v) is 8.80. The number of hydrogen-bond acceptors (Lipinski definition) is 2. The second-order valence-electron chi connectivity index (χ2n) is 5.56. The number of ketones is 1. The summed E-state index contributed by atoms with van der Waals surface area (Å²) in [6.45, 7) is 2.23. The Morgan fingerprint density at radius 1 is 1.10 bits per heavy atom. The van der Waals surface area contributed by atoms with Gasteiger partial charge in [-0.25, -0.2) is 0 Å². The summed E-state index contributed by atoms with van der Waals surface area (Å²) in [5.74, 6) is 1.14. The average Bonchev–Trinajstić information content (AvgIpc) is 2.46. The second-order valence-corrected chi connectivity index (χ2v) is 6.41. The zero-order valence-corrected chi connectivity index (χ0v) is 14.9. The summed E-state index contributed by atoms with van der Waals surface area (Å²) in [5, 5.41) is 0. The molecule has 0 amide bonds. The van der Waals surface area contributed by atoms with Gasteiger partial charge in [-0.05, 0) is 40.0 Å². The zero-order valence-electron chi connectivity index (χ0n) is 13.3. The minimum absolute atomic E-state index is 0.334. The fourth-order valence-corrected chi connectivity index (χ4v) is 3.00. The van der Waals surface area contributed by atoms with Crippen LogP contribution in [0.5, 0.6) is 5.75 Å². The van der Waals surface area contributed by atoms with Crippen LogP contribution in [0.4, 0.5) is 0 Å². The fourth-order valence-electron chi connectivity index (χ4n) is 2.42. The summed E-state index contributed by atoms with van der Waals surface area (Å²) in [4.78, 5) is 12.0. The number of hydrogen-bond donors (Lipinski definition) is 0. The molecule has 0 aliphatic carbocycles. The predicted molar refractivity (Wildman–Crippen MR) is 92.0 cm³/mol. The summed E-state index contributed by atoms with van der Waals surface area (Å²) in [5.41, 5.74) is 1.05. The molecule has 0 heterocycles. The Balaban J connectivity index is 2.20. The van der Waals surface area contributed by atoms with Crippen molar-refractivity contribution in [3.8, 4) is 5.75 Å². The van der Waals surface area contributed by atoms with E-state index in [1.807, 2.05) is 18.2 Å². The second kappa shape index (κ2) is 10.8. The number of halogens is 1. The van der Waals surface area contributed by atoms with Gasteiger partial charge in [0.15, 0.2) is 0 Å². The predicted octanol–water partition coefficient (Wildman–Crippen LogP) is 5.71. The monoisotopic (exact) mass is 354 g/mol. The van der Waals surface area contributed by atoms with E-state index >= 15 is 0 Å². The maximum atomic E-state index is 12.0. The quantitative estimate of drug-likeness (QED) is 0.475. The van der Waals surface area contributed by atoms with Gasteiger partial charge in [0.05, 0.1) is 11.6 Å². The van der Waals surface area contributed by atoms with Gasteiger partial charge >= 0.3 is 0 Å². The van der Waals surface area contributed by atoms with Gasteiger partial charge in [-0.1, -0.05) is 51.5 Å². The smallest absolute Gasteiger partial charge is 0.137 e. The third-order valence-electron chi connectivity index (χ3n) is 3.68. The first kappa shape index (κ1) is 18.2. The highest BCUT2D eigenvalue weighted by Gasteiger charge is 2.06. The Labute approximate surface area is 137 Å². The van der Waals surface area contributed by atoms with Gasteiger partial charge in [0, 0.05) is 12.8 Å². The summed E-state index contributed by atoms with van der Waals surface area (Å²) in [6.07, 6.45) is 9.99. The first-order chi connectivity index (χ1) is 10.2. The van der Waals surface area contributed by atoms with Gasteiger partial charge in [0.1, 0.15) is 11.5 Å². The lowest BCUT2D eigenvalue weighted by molar-refractivity contribution is -0.118. The topological polar surface area (TPSA) is 26.3 Å². The Morgan fingerprint density at radius 3 is 2.38 bits per heavy atom. The van der Waals surface area contributed by atoms with Gasteiger partial charge < -0.3 is 4.74 Å². The molecule has 118 valence electrons. The van der Waals surface area contributed by atoms with Crippen LogP contribution in [-0.2, 0) is 11.2 Å². The van der Waals surface area contributed by atoms with E-state index in [2.05, 4.69) is 22.9 Å². The molecule has 0 saturated heterocycles. The van der Waals surface area contributed by atoms with Gasteiger partial charge in [-0.2, -0.15) is 0 Å². The molecular formula is C18H27BrO2. The van der Waals surface area contributed by atoms with Crippen molar-refractivity contribution in [2.45, 2.75) is 64.7 Å². The fraction of sp³-hybridized carbons (Fsp3) is 0.611. The minimum Gasteiger partial charge on any atom is -0.496 e. The lowest BCUT2D eigenvalue weighted by atomic mass is 10.0. The number of Topliss-reactive ketones (excluding diaryl/α,β-unsaturated/α-hetero) is 1. The van der Waals surface area contributed by atoms with E-state index in [9.17, 15) is 4.79 Å². The van der Waals surface area contributed by atoms with Crippen molar-refractivity contribution >= 4 is 21.7 Å². The highest BCUT2D eigenvalue weighted by molar-refractivity contribution is 9.10. The van der Waals surface area contributed by atoms with E-state index in [0.29, 0.717) is 18.6 Å². The van der Waals surface area contributed by atoms with E-state index in [1.54, 1.807) is 7.11 Å². The van der Waals surface area contributed by atoms with Gasteiger partial charge in [0.2, 0.25) is 0 Å². The molecule has 0 saturated carbocycles. The highest BCUT2D eigenvalue weighted by atomic mass is 79.9. The van der Waals surface area contributed by atoms with Crippen LogP contribution in [0.1, 0.15) is 63.9 Å². The largest absolute Gasteiger partial charge is 0.496 e. The molecule has 1 aromatic rings. The molecule has 1 aromatic carbocycles. The van der Waals surface area contributed by atoms with E-state index in [1.165, 1.54) is 38.5 Å². The maximum Gasteiger partial charge on any atom is 0.137 e. The van der Waals surface area contributed by atoms with Crippen LogP contribution < -0.4 is 4.74 Å². The van der Waals surface area contributed by atoms with E-state index in [0.717, 1.165) is 22.2 Å². The average molecular weight is 355 g/mol. The van der Waals surface area contributed by atoms with Crippen molar-refractivity contribution in [2.24, 2.45) is 0 Å². The number of carbonyl (C=O) groups excluding carboxylic acids is 1. The van der Waals surface area contributed by atoms with Gasteiger partial charge in [-0.15, -0.1) is 0 Å². The molecule has 0 bridgehead atoms. The molecule has 0 radical (unpaired) electrons. The molecule has 3 heteroatoms. The Morgan fingerprint density at radius 2 is 1.76 bits per heavy atom. The summed E-state index contributed by atoms with van der Waals surface area (Å²) >= 11 is 3.45. The lowest BCUT2D eigenvalue weighted by Crippen LogP contribution is -2.02. The maximum absolute atomic E-state index is 12.0. The van der Waals surface area contributed by atoms with Crippen LogP contribution in [0.25, 0.3) is 0 Å². The summed E-state index contributed by atoms with van der Waals surface area (Å²) in [7, 11) is 1.64. The van der Waals surface area contributed by atoms with Crippen LogP contribution >= 0.6 is 15.9 Å². The number of unbranched alkanes of at least 4 members (excludes halogenated alkanes) is 6. The molecule has 0 aliphatic heterocycles. The SMILES string of the molecule is CCCCCCCCCC(=O)Cc1ccc(OC)c(Br)c1. The number of rotatable bonds is 11. The highest BCUT2D eigenvalue weighted by Crippen LogP contribution is 2.25. The Kier molecular flexibility index (Phi) is 9.40. The van der Waals surface area contributed by atoms with Crippen molar-refractivity contribution in [3.63, 3.8) is 0 Å². The first-order valence-electron chi connectivity index (χ1n) is 8.01.